The molecule has 1 aromatic carbocycles. The van der Waals surface area contributed by atoms with E-state index in [1.165, 1.54) is 6.21 Å². The molecule has 6 heteroatoms. The first-order valence-corrected chi connectivity index (χ1v) is 7.02. The Balaban J connectivity index is 2.08. The fourth-order valence-corrected chi connectivity index (χ4v) is 2.07. The van der Waals surface area contributed by atoms with E-state index >= 15 is 0 Å². The Morgan fingerprint density at radius 2 is 2.09 bits per heavy atom. The summed E-state index contributed by atoms with van der Waals surface area (Å²) < 4.78 is 5.23. The van der Waals surface area contributed by atoms with Crippen LogP contribution in [-0.2, 0) is 4.79 Å². The van der Waals surface area contributed by atoms with Gasteiger partial charge in [-0.25, -0.2) is 4.79 Å². The van der Waals surface area contributed by atoms with Crippen LogP contribution in [0.1, 0.15) is 25.8 Å². The van der Waals surface area contributed by atoms with Gasteiger partial charge in [-0.3, -0.25) is 4.79 Å². The molecule has 2 rings (SSSR count). The van der Waals surface area contributed by atoms with Gasteiger partial charge in [0.25, 0.3) is 5.91 Å². The quantitative estimate of drug-likeness (QED) is 0.670. The SMILES string of the molecule is CC[C@]1(C)NC(=O)N(N=C/C=C/c2ccccc2OC)C1=O. The summed E-state index contributed by atoms with van der Waals surface area (Å²) in [6.45, 7) is 3.53. The first kappa shape index (κ1) is 15.8. The van der Waals surface area contributed by atoms with E-state index < -0.39 is 11.6 Å². The van der Waals surface area contributed by atoms with Gasteiger partial charge in [0.05, 0.1) is 7.11 Å². The zero-order valence-electron chi connectivity index (χ0n) is 12.9. The lowest BCUT2D eigenvalue weighted by Crippen LogP contribution is -2.42. The average molecular weight is 301 g/mol. The van der Waals surface area contributed by atoms with Gasteiger partial charge in [0, 0.05) is 11.8 Å². The zero-order valence-corrected chi connectivity index (χ0v) is 12.9. The molecule has 1 heterocycles. The van der Waals surface area contributed by atoms with Crippen LogP contribution >= 0.6 is 0 Å². The zero-order chi connectivity index (χ0) is 16.2. The molecule has 1 atom stereocenters. The van der Waals surface area contributed by atoms with Crippen LogP contribution < -0.4 is 10.1 Å². The number of hydrogen-bond donors (Lipinski definition) is 1. The lowest BCUT2D eigenvalue weighted by atomic mass is 10.00. The molecule has 1 saturated heterocycles. The van der Waals surface area contributed by atoms with Crippen LogP contribution in [-0.4, -0.2) is 35.8 Å². The number of imide groups is 1. The van der Waals surface area contributed by atoms with Gasteiger partial charge in [0.2, 0.25) is 0 Å². The molecule has 1 fully saturated rings. The topological polar surface area (TPSA) is 71.0 Å². The van der Waals surface area contributed by atoms with Crippen LogP contribution in [0.25, 0.3) is 6.08 Å². The monoisotopic (exact) mass is 301 g/mol. The third-order valence-electron chi connectivity index (χ3n) is 3.63. The number of carbonyl (C=O) groups excluding carboxylic acids is 2. The van der Waals surface area contributed by atoms with Crippen LogP contribution in [0.4, 0.5) is 4.79 Å². The summed E-state index contributed by atoms with van der Waals surface area (Å²) in [6, 6.07) is 7.01. The molecule has 1 aliphatic rings. The van der Waals surface area contributed by atoms with Crippen LogP contribution in [0.3, 0.4) is 0 Å². The Hall–Kier alpha value is -2.63. The molecule has 0 spiro atoms. The van der Waals surface area contributed by atoms with E-state index in [9.17, 15) is 9.59 Å². The smallest absolute Gasteiger partial charge is 0.346 e. The number of urea groups is 1. The number of methoxy groups -OCH3 is 1. The van der Waals surface area contributed by atoms with Crippen LogP contribution in [0.5, 0.6) is 5.75 Å². The lowest BCUT2D eigenvalue weighted by Gasteiger charge is -2.17. The second-order valence-corrected chi connectivity index (χ2v) is 5.10. The third kappa shape index (κ3) is 3.00. The van der Waals surface area contributed by atoms with Gasteiger partial charge < -0.3 is 10.1 Å². The number of hydrazone groups is 1. The predicted molar refractivity (Wildman–Crippen MR) is 84.6 cm³/mol. The number of nitrogens with zero attached hydrogens (tertiary/aromatic N) is 2. The number of allylic oxidation sites excluding steroid dienone is 1. The van der Waals surface area contributed by atoms with Crippen molar-refractivity contribution in [3.8, 4) is 5.75 Å². The molecule has 1 N–H and O–H groups in total. The molecule has 0 saturated carbocycles. The summed E-state index contributed by atoms with van der Waals surface area (Å²) in [7, 11) is 1.60. The van der Waals surface area contributed by atoms with Crippen molar-refractivity contribution in [3.05, 3.63) is 35.9 Å². The second-order valence-electron chi connectivity index (χ2n) is 5.10. The van der Waals surface area contributed by atoms with Crippen molar-refractivity contribution in [2.24, 2.45) is 5.10 Å². The average Bonchev–Trinajstić information content (AvgIpc) is 2.75. The fourth-order valence-electron chi connectivity index (χ4n) is 2.07. The van der Waals surface area contributed by atoms with Gasteiger partial charge >= 0.3 is 6.03 Å². The highest BCUT2D eigenvalue weighted by Gasteiger charge is 2.46. The maximum atomic E-state index is 12.1. The van der Waals surface area contributed by atoms with E-state index in [2.05, 4.69) is 10.4 Å². The number of rotatable bonds is 5. The highest BCUT2D eigenvalue weighted by atomic mass is 16.5. The lowest BCUT2D eigenvalue weighted by molar-refractivity contribution is -0.130. The van der Waals surface area contributed by atoms with Crippen molar-refractivity contribution in [2.45, 2.75) is 25.8 Å². The molecule has 0 radical (unpaired) electrons. The summed E-state index contributed by atoms with van der Waals surface area (Å²) in [5.41, 5.74) is 0.00731. The van der Waals surface area contributed by atoms with Gasteiger partial charge in [-0.05, 0) is 31.6 Å². The van der Waals surface area contributed by atoms with Gasteiger partial charge in [-0.15, -0.1) is 5.01 Å². The Bertz CT molecular complexity index is 639. The molecule has 1 aromatic rings. The van der Waals surface area contributed by atoms with E-state index in [1.54, 1.807) is 26.2 Å². The Kier molecular flexibility index (Phi) is 4.60. The maximum Gasteiger partial charge on any atom is 0.346 e. The van der Waals surface area contributed by atoms with Crippen molar-refractivity contribution in [3.63, 3.8) is 0 Å². The molecule has 0 aliphatic carbocycles. The fraction of sp³-hybridized carbons (Fsp3) is 0.312. The van der Waals surface area contributed by atoms with Crippen molar-refractivity contribution in [1.29, 1.82) is 0 Å². The Morgan fingerprint density at radius 3 is 2.73 bits per heavy atom. The Labute approximate surface area is 129 Å². The molecule has 1 aliphatic heterocycles. The summed E-state index contributed by atoms with van der Waals surface area (Å²) in [4.78, 5) is 23.9. The van der Waals surface area contributed by atoms with E-state index in [0.29, 0.717) is 6.42 Å². The normalized spacial score (nSPS) is 21.9. The van der Waals surface area contributed by atoms with E-state index in [1.807, 2.05) is 31.2 Å². The standard InChI is InChI=1S/C16H19N3O3/c1-4-16(2)14(20)19(15(21)18-16)17-11-7-9-12-8-5-6-10-13(12)22-3/h5-11H,4H2,1-3H3,(H,18,21)/b9-7+,17-11?/t16-/m0/s1. The molecular weight excluding hydrogens is 282 g/mol. The predicted octanol–water partition coefficient (Wildman–Crippen LogP) is 2.41. The summed E-state index contributed by atoms with van der Waals surface area (Å²) >= 11 is 0. The second kappa shape index (κ2) is 6.43. The highest BCUT2D eigenvalue weighted by Crippen LogP contribution is 2.21. The summed E-state index contributed by atoms with van der Waals surface area (Å²) in [5, 5.41) is 7.41. The molecule has 0 aromatic heterocycles. The van der Waals surface area contributed by atoms with Crippen LogP contribution in [0.15, 0.2) is 35.4 Å². The highest BCUT2D eigenvalue weighted by molar-refractivity contribution is 6.07. The van der Waals surface area contributed by atoms with Crippen molar-refractivity contribution in [2.75, 3.05) is 7.11 Å². The van der Waals surface area contributed by atoms with E-state index in [4.69, 9.17) is 4.74 Å². The molecule has 22 heavy (non-hydrogen) atoms. The largest absolute Gasteiger partial charge is 0.496 e. The van der Waals surface area contributed by atoms with Crippen LogP contribution in [0, 0.1) is 0 Å². The molecule has 0 bridgehead atoms. The number of hydrogen-bond acceptors (Lipinski definition) is 4. The van der Waals surface area contributed by atoms with Gasteiger partial charge in [-0.1, -0.05) is 25.1 Å². The number of ether oxygens (including phenoxy) is 1. The maximum absolute atomic E-state index is 12.1. The Morgan fingerprint density at radius 1 is 1.36 bits per heavy atom. The number of nitrogens with one attached hydrogen (secondary N) is 1. The van der Waals surface area contributed by atoms with Crippen LogP contribution in [0.2, 0.25) is 0 Å². The van der Waals surface area contributed by atoms with Gasteiger partial charge in [0.15, 0.2) is 0 Å². The third-order valence-corrected chi connectivity index (χ3v) is 3.63. The number of benzene rings is 1. The number of carbonyl (C=O) groups is 2. The minimum Gasteiger partial charge on any atom is -0.496 e. The molecular formula is C16H19N3O3. The number of para-hydroxylation sites is 1. The van der Waals surface area contributed by atoms with Gasteiger partial charge in [-0.2, -0.15) is 5.10 Å². The summed E-state index contributed by atoms with van der Waals surface area (Å²) in [5.74, 6) is 0.391. The van der Waals surface area contributed by atoms with Crippen molar-refractivity contribution >= 4 is 24.2 Å². The molecule has 0 unspecified atom stereocenters. The van der Waals surface area contributed by atoms with E-state index in [-0.39, 0.29) is 5.91 Å². The van der Waals surface area contributed by atoms with Gasteiger partial charge in [0.1, 0.15) is 11.3 Å². The first-order chi connectivity index (χ1) is 10.5. The van der Waals surface area contributed by atoms with Crippen molar-refractivity contribution < 1.29 is 14.3 Å². The summed E-state index contributed by atoms with van der Waals surface area (Å²) in [6.07, 6.45) is 5.37. The van der Waals surface area contributed by atoms with E-state index in [0.717, 1.165) is 16.3 Å². The molecule has 3 amide bonds. The minimum absolute atomic E-state index is 0.345. The minimum atomic E-state index is -0.874. The van der Waals surface area contributed by atoms with Crippen molar-refractivity contribution in [1.82, 2.24) is 10.3 Å². The number of amides is 3. The first-order valence-electron chi connectivity index (χ1n) is 7.02. The molecule has 116 valence electrons. The molecule has 6 nitrogen and oxygen atoms in total.